The number of rotatable bonds is 4. The van der Waals surface area contributed by atoms with Crippen LogP contribution in [-0.4, -0.2) is 24.9 Å². The predicted octanol–water partition coefficient (Wildman–Crippen LogP) is 1.61. The molecule has 0 aliphatic rings. The smallest absolute Gasteiger partial charge is 0.226 e. The Morgan fingerprint density at radius 1 is 1.35 bits per heavy atom. The van der Waals surface area contributed by atoms with Crippen LogP contribution in [0.5, 0.6) is 0 Å². The van der Waals surface area contributed by atoms with E-state index in [-0.39, 0.29) is 12.4 Å². The molecule has 0 bridgehead atoms. The summed E-state index contributed by atoms with van der Waals surface area (Å²) in [4.78, 5) is 8.17. The van der Waals surface area contributed by atoms with Crippen molar-refractivity contribution in [1.82, 2.24) is 19.7 Å². The molecule has 0 amide bonds. The summed E-state index contributed by atoms with van der Waals surface area (Å²) >= 11 is 0. The Bertz CT molecular complexity index is 722. The molecule has 0 saturated heterocycles. The van der Waals surface area contributed by atoms with Crippen LogP contribution in [0.25, 0.3) is 11.5 Å². The fraction of sp³-hybridized carbons (Fsp3) is 0.154. The van der Waals surface area contributed by atoms with E-state index >= 15 is 0 Å². The van der Waals surface area contributed by atoms with Gasteiger partial charge in [-0.2, -0.15) is 5.10 Å². The third-order valence-corrected chi connectivity index (χ3v) is 2.67. The maximum atomic E-state index is 13.1. The Balaban J connectivity index is 1.80. The van der Waals surface area contributed by atoms with Crippen LogP contribution in [0.1, 0.15) is 11.5 Å². The van der Waals surface area contributed by atoms with Crippen LogP contribution in [0.2, 0.25) is 0 Å². The van der Waals surface area contributed by atoms with Crippen molar-refractivity contribution in [3.05, 3.63) is 54.2 Å². The summed E-state index contributed by atoms with van der Waals surface area (Å²) in [6.45, 7) is 0.159. The van der Waals surface area contributed by atoms with Gasteiger partial charge in [0.05, 0.1) is 6.54 Å². The standard InChI is InChI=1S/C13H11FN4O2/c14-10-3-1-2-9(4-10)13-16-11(7-20-13)5-18-8-15-12(6-19)17-18/h1-4,7-8,19H,5-6H2. The highest BCUT2D eigenvalue weighted by molar-refractivity contribution is 5.52. The van der Waals surface area contributed by atoms with E-state index in [2.05, 4.69) is 15.1 Å². The zero-order valence-electron chi connectivity index (χ0n) is 10.4. The van der Waals surface area contributed by atoms with Crippen LogP contribution in [0.15, 0.2) is 41.3 Å². The van der Waals surface area contributed by atoms with Gasteiger partial charge in [0.25, 0.3) is 0 Å². The van der Waals surface area contributed by atoms with E-state index in [1.807, 2.05) is 0 Å². The number of aromatic nitrogens is 4. The first-order valence-electron chi connectivity index (χ1n) is 5.94. The molecule has 3 rings (SSSR count). The lowest BCUT2D eigenvalue weighted by Crippen LogP contribution is -2.01. The summed E-state index contributed by atoms with van der Waals surface area (Å²) < 4.78 is 20.0. The number of nitrogens with zero attached hydrogens (tertiary/aromatic N) is 4. The summed E-state index contributed by atoms with van der Waals surface area (Å²) in [5.41, 5.74) is 1.21. The maximum absolute atomic E-state index is 13.1. The van der Waals surface area contributed by atoms with Gasteiger partial charge in [0, 0.05) is 5.56 Å². The molecule has 7 heteroatoms. The van der Waals surface area contributed by atoms with Gasteiger partial charge in [0.15, 0.2) is 5.82 Å². The Labute approximate surface area is 113 Å². The molecule has 20 heavy (non-hydrogen) atoms. The van der Waals surface area contributed by atoms with Crippen LogP contribution in [0, 0.1) is 5.82 Å². The summed E-state index contributed by atoms with van der Waals surface area (Å²) in [6, 6.07) is 6.03. The van der Waals surface area contributed by atoms with Crippen molar-refractivity contribution >= 4 is 0 Å². The second-order valence-electron chi connectivity index (χ2n) is 4.17. The monoisotopic (exact) mass is 274 g/mol. The van der Waals surface area contributed by atoms with Crippen molar-refractivity contribution in [2.24, 2.45) is 0 Å². The van der Waals surface area contributed by atoms with Crippen LogP contribution in [0.4, 0.5) is 4.39 Å². The van der Waals surface area contributed by atoms with Gasteiger partial charge in [-0.25, -0.2) is 19.0 Å². The highest BCUT2D eigenvalue weighted by Gasteiger charge is 2.09. The van der Waals surface area contributed by atoms with E-state index in [4.69, 9.17) is 9.52 Å². The molecule has 0 aliphatic carbocycles. The summed E-state index contributed by atoms with van der Waals surface area (Å²) in [6.07, 6.45) is 2.99. The average molecular weight is 274 g/mol. The first-order valence-corrected chi connectivity index (χ1v) is 5.94. The zero-order valence-corrected chi connectivity index (χ0v) is 10.4. The molecule has 0 saturated carbocycles. The van der Waals surface area contributed by atoms with Crippen LogP contribution in [-0.2, 0) is 13.2 Å². The van der Waals surface area contributed by atoms with Gasteiger partial charge in [0.2, 0.25) is 5.89 Å². The van der Waals surface area contributed by atoms with Gasteiger partial charge in [-0.1, -0.05) is 6.07 Å². The van der Waals surface area contributed by atoms with Gasteiger partial charge >= 0.3 is 0 Å². The molecule has 3 aromatic rings. The van der Waals surface area contributed by atoms with E-state index < -0.39 is 0 Å². The maximum Gasteiger partial charge on any atom is 0.226 e. The number of aliphatic hydroxyl groups is 1. The summed E-state index contributed by atoms with van der Waals surface area (Å²) in [5.74, 6) is 0.354. The second kappa shape index (κ2) is 5.22. The highest BCUT2D eigenvalue weighted by Crippen LogP contribution is 2.19. The highest BCUT2D eigenvalue weighted by atomic mass is 19.1. The third-order valence-electron chi connectivity index (χ3n) is 2.67. The van der Waals surface area contributed by atoms with E-state index in [1.165, 1.54) is 24.7 Å². The SMILES string of the molecule is OCc1ncn(Cc2coc(-c3cccc(F)c3)n2)n1. The number of halogens is 1. The van der Waals surface area contributed by atoms with E-state index in [0.717, 1.165) is 0 Å². The molecule has 6 nitrogen and oxygen atoms in total. The first-order chi connectivity index (χ1) is 9.74. The molecule has 102 valence electrons. The third kappa shape index (κ3) is 2.57. The van der Waals surface area contributed by atoms with Crippen molar-refractivity contribution in [3.63, 3.8) is 0 Å². The molecule has 0 spiro atoms. The summed E-state index contributed by atoms with van der Waals surface area (Å²) in [7, 11) is 0. The van der Waals surface area contributed by atoms with Crippen molar-refractivity contribution in [1.29, 1.82) is 0 Å². The van der Waals surface area contributed by atoms with E-state index in [9.17, 15) is 4.39 Å². The van der Waals surface area contributed by atoms with Gasteiger partial charge in [-0.05, 0) is 18.2 Å². The molecule has 0 atom stereocenters. The average Bonchev–Trinajstić information content (AvgIpc) is 3.08. The Morgan fingerprint density at radius 3 is 3.00 bits per heavy atom. The Morgan fingerprint density at radius 2 is 2.25 bits per heavy atom. The van der Waals surface area contributed by atoms with Crippen molar-refractivity contribution in [2.45, 2.75) is 13.2 Å². The largest absolute Gasteiger partial charge is 0.444 e. The van der Waals surface area contributed by atoms with Crippen molar-refractivity contribution in [2.75, 3.05) is 0 Å². The normalized spacial score (nSPS) is 10.9. The quantitative estimate of drug-likeness (QED) is 0.782. The number of oxazole rings is 1. The zero-order chi connectivity index (χ0) is 13.9. The summed E-state index contributed by atoms with van der Waals surface area (Å²) in [5, 5.41) is 12.9. The molecule has 0 radical (unpaired) electrons. The molecule has 1 N–H and O–H groups in total. The number of hydrogen-bond donors (Lipinski definition) is 1. The second-order valence-corrected chi connectivity index (χ2v) is 4.17. The van der Waals surface area contributed by atoms with Crippen molar-refractivity contribution in [3.8, 4) is 11.5 Å². The van der Waals surface area contributed by atoms with Crippen LogP contribution < -0.4 is 0 Å². The van der Waals surface area contributed by atoms with E-state index in [1.54, 1.807) is 16.8 Å². The lowest BCUT2D eigenvalue weighted by atomic mass is 10.2. The molecule has 1 aromatic carbocycles. The van der Waals surface area contributed by atoms with Crippen LogP contribution >= 0.6 is 0 Å². The molecule has 2 heterocycles. The molecule has 0 fully saturated rings. The van der Waals surface area contributed by atoms with Gasteiger partial charge in [-0.15, -0.1) is 0 Å². The minimum Gasteiger partial charge on any atom is -0.444 e. The molecule has 0 aliphatic heterocycles. The van der Waals surface area contributed by atoms with Gasteiger partial charge in [0.1, 0.15) is 30.7 Å². The van der Waals surface area contributed by atoms with Gasteiger partial charge < -0.3 is 9.52 Å². The van der Waals surface area contributed by atoms with E-state index in [0.29, 0.717) is 29.5 Å². The molecular formula is C13H11FN4O2. The van der Waals surface area contributed by atoms with Crippen molar-refractivity contribution < 1.29 is 13.9 Å². The molecule has 2 aromatic heterocycles. The number of aliphatic hydroxyl groups excluding tert-OH is 1. The Kier molecular flexibility index (Phi) is 3.26. The fourth-order valence-electron chi connectivity index (χ4n) is 1.78. The Hall–Kier alpha value is -2.54. The number of benzene rings is 1. The lowest BCUT2D eigenvalue weighted by Gasteiger charge is -1.95. The minimum atomic E-state index is -0.342. The molecular weight excluding hydrogens is 263 g/mol. The topological polar surface area (TPSA) is 77.0 Å². The minimum absolute atomic E-state index is 0.208. The first kappa shape index (κ1) is 12.5. The fourth-order valence-corrected chi connectivity index (χ4v) is 1.78. The molecule has 0 unspecified atom stereocenters. The predicted molar refractivity (Wildman–Crippen MR) is 66.9 cm³/mol. The van der Waals surface area contributed by atoms with Crippen LogP contribution in [0.3, 0.4) is 0 Å². The van der Waals surface area contributed by atoms with Gasteiger partial charge in [-0.3, -0.25) is 0 Å². The number of hydrogen-bond acceptors (Lipinski definition) is 5. The lowest BCUT2D eigenvalue weighted by molar-refractivity contribution is 0.270.